The van der Waals surface area contributed by atoms with Crippen LogP contribution in [-0.2, 0) is 17.8 Å². The van der Waals surface area contributed by atoms with E-state index in [1.807, 2.05) is 36.1 Å². The third-order valence-corrected chi connectivity index (χ3v) is 4.71. The lowest BCUT2D eigenvalue weighted by Gasteiger charge is -2.16. The molecule has 3 rings (SSSR count). The Morgan fingerprint density at radius 1 is 1.07 bits per heavy atom. The zero-order chi connectivity index (χ0) is 20.6. The lowest BCUT2D eigenvalue weighted by Crippen LogP contribution is -2.38. The normalized spacial score (nSPS) is 13.9. The van der Waals surface area contributed by atoms with Gasteiger partial charge >= 0.3 is 0 Å². The number of carbonyl (C=O) groups excluding carboxylic acids is 1. The molecule has 0 aliphatic carbocycles. The Morgan fingerprint density at radius 3 is 2.37 bits per heavy atom. The number of carbonyl (C=O) groups is 1. The van der Waals surface area contributed by atoms with Crippen LogP contribution >= 0.6 is 24.0 Å². The lowest BCUT2D eigenvalue weighted by molar-refractivity contribution is -0.117. The highest BCUT2D eigenvalue weighted by Crippen LogP contribution is 2.21. The van der Waals surface area contributed by atoms with Gasteiger partial charge in [-0.05, 0) is 55.2 Å². The van der Waals surface area contributed by atoms with Gasteiger partial charge in [0.2, 0.25) is 5.91 Å². The molecule has 30 heavy (non-hydrogen) atoms. The summed E-state index contributed by atoms with van der Waals surface area (Å²) in [4.78, 5) is 18.2. The summed E-state index contributed by atoms with van der Waals surface area (Å²) in [5, 5.41) is 6.34. The maximum atomic E-state index is 13.3. The van der Waals surface area contributed by atoms with Gasteiger partial charge in [-0.15, -0.1) is 24.0 Å². The average Bonchev–Trinajstić information content (AvgIpc) is 3.12. The summed E-state index contributed by atoms with van der Waals surface area (Å²) in [6.45, 7) is 4.44. The SMILES string of the molecule is CCNC(=NCc1ccc(N2CCCC2=O)cc1)NCCc1cc(F)cc(F)c1.I. The molecule has 2 aromatic rings. The third kappa shape index (κ3) is 6.93. The van der Waals surface area contributed by atoms with E-state index in [1.54, 1.807) is 0 Å². The second kappa shape index (κ2) is 11.8. The number of hydrogen-bond donors (Lipinski definition) is 2. The second-order valence-electron chi connectivity index (χ2n) is 6.97. The number of aliphatic imine (C=N–C) groups is 1. The van der Waals surface area contributed by atoms with Gasteiger partial charge in [-0.2, -0.15) is 0 Å². The van der Waals surface area contributed by atoms with Gasteiger partial charge in [-0.1, -0.05) is 12.1 Å². The topological polar surface area (TPSA) is 56.7 Å². The number of rotatable bonds is 7. The van der Waals surface area contributed by atoms with Crippen molar-refractivity contribution >= 4 is 41.5 Å². The van der Waals surface area contributed by atoms with Crippen LogP contribution in [0.15, 0.2) is 47.5 Å². The molecule has 1 aliphatic heterocycles. The fourth-order valence-electron chi connectivity index (χ4n) is 3.30. The molecule has 0 unspecified atom stereocenters. The first-order valence-corrected chi connectivity index (χ1v) is 9.91. The molecule has 5 nitrogen and oxygen atoms in total. The van der Waals surface area contributed by atoms with Crippen molar-refractivity contribution in [2.45, 2.75) is 32.7 Å². The summed E-state index contributed by atoms with van der Waals surface area (Å²) in [6, 6.07) is 11.4. The second-order valence-corrected chi connectivity index (χ2v) is 6.97. The number of benzene rings is 2. The molecular formula is C22H27F2IN4O. The monoisotopic (exact) mass is 528 g/mol. The Kier molecular flexibility index (Phi) is 9.48. The highest BCUT2D eigenvalue weighted by Gasteiger charge is 2.21. The predicted molar refractivity (Wildman–Crippen MR) is 126 cm³/mol. The molecule has 1 aliphatic rings. The minimum absolute atomic E-state index is 0. The first kappa shape index (κ1) is 24.0. The van der Waals surface area contributed by atoms with E-state index < -0.39 is 11.6 Å². The van der Waals surface area contributed by atoms with E-state index >= 15 is 0 Å². The molecule has 0 spiro atoms. The third-order valence-electron chi connectivity index (χ3n) is 4.71. The zero-order valence-corrected chi connectivity index (χ0v) is 19.3. The summed E-state index contributed by atoms with van der Waals surface area (Å²) in [6.07, 6.45) is 2.01. The minimum atomic E-state index is -0.570. The van der Waals surface area contributed by atoms with E-state index in [1.165, 1.54) is 12.1 Å². The van der Waals surface area contributed by atoms with Gasteiger partial charge in [0.1, 0.15) is 11.6 Å². The van der Waals surface area contributed by atoms with Gasteiger partial charge in [0.15, 0.2) is 5.96 Å². The van der Waals surface area contributed by atoms with E-state index in [0.717, 1.165) is 30.3 Å². The molecule has 1 amide bonds. The maximum absolute atomic E-state index is 13.3. The summed E-state index contributed by atoms with van der Waals surface area (Å²) in [5.41, 5.74) is 2.55. The van der Waals surface area contributed by atoms with Crippen LogP contribution < -0.4 is 15.5 Å². The van der Waals surface area contributed by atoms with Crippen molar-refractivity contribution in [3.8, 4) is 0 Å². The molecule has 0 atom stereocenters. The molecule has 1 saturated heterocycles. The number of halogens is 3. The summed E-state index contributed by atoms with van der Waals surface area (Å²) >= 11 is 0. The van der Waals surface area contributed by atoms with E-state index in [9.17, 15) is 13.6 Å². The molecule has 2 aromatic carbocycles. The number of nitrogens with one attached hydrogen (secondary N) is 2. The Hall–Kier alpha value is -2.23. The van der Waals surface area contributed by atoms with Crippen molar-refractivity contribution in [1.29, 1.82) is 0 Å². The van der Waals surface area contributed by atoms with Crippen molar-refractivity contribution in [3.05, 3.63) is 65.2 Å². The number of hydrogen-bond acceptors (Lipinski definition) is 2. The summed E-state index contributed by atoms with van der Waals surface area (Å²) in [5.74, 6) is -0.324. The number of guanidine groups is 1. The first-order valence-electron chi connectivity index (χ1n) is 9.91. The van der Waals surface area contributed by atoms with Crippen molar-refractivity contribution in [3.63, 3.8) is 0 Å². The molecule has 0 saturated carbocycles. The van der Waals surface area contributed by atoms with E-state index in [4.69, 9.17) is 0 Å². The molecule has 0 radical (unpaired) electrons. The van der Waals surface area contributed by atoms with Gasteiger partial charge in [0.05, 0.1) is 6.54 Å². The highest BCUT2D eigenvalue weighted by molar-refractivity contribution is 14.0. The van der Waals surface area contributed by atoms with Crippen LogP contribution in [0.5, 0.6) is 0 Å². The predicted octanol–water partition coefficient (Wildman–Crippen LogP) is 4.01. The van der Waals surface area contributed by atoms with E-state index in [0.29, 0.717) is 44.0 Å². The molecule has 8 heteroatoms. The summed E-state index contributed by atoms with van der Waals surface area (Å²) in [7, 11) is 0. The van der Waals surface area contributed by atoms with Gasteiger partial charge in [-0.25, -0.2) is 13.8 Å². The molecule has 2 N–H and O–H groups in total. The number of nitrogens with zero attached hydrogens (tertiary/aromatic N) is 2. The van der Waals surface area contributed by atoms with Crippen molar-refractivity contribution in [2.24, 2.45) is 4.99 Å². The van der Waals surface area contributed by atoms with Crippen LogP contribution in [0.4, 0.5) is 14.5 Å². The minimum Gasteiger partial charge on any atom is -0.357 e. The largest absolute Gasteiger partial charge is 0.357 e. The number of amides is 1. The Bertz CT molecular complexity index is 854. The van der Waals surface area contributed by atoms with Crippen LogP contribution in [-0.4, -0.2) is 31.5 Å². The van der Waals surface area contributed by atoms with Crippen LogP contribution in [0, 0.1) is 11.6 Å². The van der Waals surface area contributed by atoms with E-state index in [-0.39, 0.29) is 29.9 Å². The molecule has 0 aromatic heterocycles. The Morgan fingerprint density at radius 2 is 1.77 bits per heavy atom. The van der Waals surface area contributed by atoms with Gasteiger partial charge in [0.25, 0.3) is 0 Å². The van der Waals surface area contributed by atoms with Crippen LogP contribution in [0.25, 0.3) is 0 Å². The highest BCUT2D eigenvalue weighted by atomic mass is 127. The van der Waals surface area contributed by atoms with Crippen LogP contribution in [0.3, 0.4) is 0 Å². The van der Waals surface area contributed by atoms with E-state index in [2.05, 4.69) is 15.6 Å². The van der Waals surface area contributed by atoms with Gasteiger partial charge in [0, 0.05) is 37.8 Å². The average molecular weight is 528 g/mol. The quantitative estimate of drug-likeness (QED) is 0.325. The Balaban J connectivity index is 0.00000320. The van der Waals surface area contributed by atoms with Gasteiger partial charge in [-0.3, -0.25) is 4.79 Å². The van der Waals surface area contributed by atoms with Crippen LogP contribution in [0.1, 0.15) is 30.9 Å². The fourth-order valence-corrected chi connectivity index (χ4v) is 3.30. The summed E-state index contributed by atoms with van der Waals surface area (Å²) < 4.78 is 26.5. The molecule has 0 bridgehead atoms. The lowest BCUT2D eigenvalue weighted by atomic mass is 10.1. The van der Waals surface area contributed by atoms with Gasteiger partial charge < -0.3 is 15.5 Å². The molecule has 1 heterocycles. The first-order chi connectivity index (χ1) is 14.0. The number of anilines is 1. The molecule has 162 valence electrons. The molecule has 1 fully saturated rings. The maximum Gasteiger partial charge on any atom is 0.227 e. The standard InChI is InChI=1S/C22H26F2N4O.HI/c1-2-25-22(26-10-9-17-12-18(23)14-19(24)13-17)27-15-16-5-7-20(8-6-16)28-11-3-4-21(28)29;/h5-8,12-14H,2-4,9-11,15H2,1H3,(H2,25,26,27);1H. The van der Waals surface area contributed by atoms with Crippen molar-refractivity contribution in [1.82, 2.24) is 10.6 Å². The van der Waals surface area contributed by atoms with Crippen LogP contribution in [0.2, 0.25) is 0 Å². The zero-order valence-electron chi connectivity index (χ0n) is 17.0. The Labute approximate surface area is 193 Å². The van der Waals surface area contributed by atoms with Crippen molar-refractivity contribution in [2.75, 3.05) is 24.5 Å². The van der Waals surface area contributed by atoms with Crippen molar-refractivity contribution < 1.29 is 13.6 Å². The molecular weight excluding hydrogens is 501 g/mol. The smallest absolute Gasteiger partial charge is 0.227 e. The fraction of sp³-hybridized carbons (Fsp3) is 0.364.